The second kappa shape index (κ2) is 53.2. The molecule has 0 heterocycles. The Morgan fingerprint density at radius 1 is 0.338 bits per heavy atom. The number of unbranched alkanes of at least 4 members (excludes halogenated alkanes) is 25. The van der Waals surface area contributed by atoms with Gasteiger partial charge in [0.25, 0.3) is 0 Å². The summed E-state index contributed by atoms with van der Waals surface area (Å²) in [4.78, 5) is 38.0. The Morgan fingerprint density at radius 2 is 0.677 bits per heavy atom. The first-order chi connectivity index (χ1) is 32.0. The Hall–Kier alpha value is -3.41. The minimum atomic E-state index is -0.800. The molecule has 65 heavy (non-hydrogen) atoms. The number of rotatable bonds is 48. The van der Waals surface area contributed by atoms with Gasteiger partial charge in [0.2, 0.25) is 0 Å². The second-order valence-electron chi connectivity index (χ2n) is 17.8. The van der Waals surface area contributed by atoms with E-state index in [1.54, 1.807) is 0 Å². The van der Waals surface area contributed by atoms with E-state index in [0.717, 1.165) is 116 Å². The normalized spacial score (nSPS) is 12.7. The minimum absolute atomic E-state index is 0.0948. The quantitative estimate of drug-likeness (QED) is 0.0199. The third-order valence-electron chi connectivity index (χ3n) is 11.5. The highest BCUT2D eigenvalue weighted by atomic mass is 16.6. The van der Waals surface area contributed by atoms with Gasteiger partial charge in [-0.05, 0) is 77.0 Å². The molecule has 6 nitrogen and oxygen atoms in total. The maximum atomic E-state index is 12.8. The Bertz CT molecular complexity index is 1270. The highest BCUT2D eigenvalue weighted by molar-refractivity contribution is 5.71. The van der Waals surface area contributed by atoms with Gasteiger partial charge in [0.1, 0.15) is 13.2 Å². The average Bonchev–Trinajstić information content (AvgIpc) is 3.30. The van der Waals surface area contributed by atoms with Crippen LogP contribution in [-0.2, 0) is 28.6 Å². The van der Waals surface area contributed by atoms with Gasteiger partial charge in [-0.15, -0.1) is 0 Å². The van der Waals surface area contributed by atoms with Crippen LogP contribution < -0.4 is 0 Å². The van der Waals surface area contributed by atoms with E-state index < -0.39 is 6.10 Å². The first-order valence-electron chi connectivity index (χ1n) is 27.1. The molecular weight excluding hydrogens is 805 g/mol. The lowest BCUT2D eigenvalue weighted by atomic mass is 10.0. The summed E-state index contributed by atoms with van der Waals surface area (Å²) in [5, 5.41) is 0. The molecule has 1 unspecified atom stereocenters. The first kappa shape index (κ1) is 61.6. The number of allylic oxidation sites excluding steroid dienone is 14. The smallest absolute Gasteiger partial charge is 0.306 e. The molecule has 0 fully saturated rings. The zero-order valence-corrected chi connectivity index (χ0v) is 42.5. The molecule has 0 rings (SSSR count). The Morgan fingerprint density at radius 3 is 1.12 bits per heavy atom. The van der Waals surface area contributed by atoms with Gasteiger partial charge in [0.05, 0.1) is 0 Å². The summed E-state index contributed by atoms with van der Waals surface area (Å²) >= 11 is 0. The van der Waals surface area contributed by atoms with Crippen LogP contribution in [0.5, 0.6) is 0 Å². The van der Waals surface area contributed by atoms with E-state index in [0.29, 0.717) is 12.8 Å². The van der Waals surface area contributed by atoms with Crippen molar-refractivity contribution >= 4 is 17.9 Å². The summed E-state index contributed by atoms with van der Waals surface area (Å²) in [6.45, 7) is 6.36. The zero-order chi connectivity index (χ0) is 47.2. The lowest BCUT2D eigenvalue weighted by molar-refractivity contribution is -0.167. The van der Waals surface area contributed by atoms with Crippen molar-refractivity contribution in [2.75, 3.05) is 13.2 Å². The van der Waals surface area contributed by atoms with Crippen molar-refractivity contribution in [1.82, 2.24) is 0 Å². The molecule has 0 saturated heterocycles. The number of ether oxygens (including phenoxy) is 3. The van der Waals surface area contributed by atoms with Crippen molar-refractivity contribution in [1.29, 1.82) is 0 Å². The second-order valence-corrected chi connectivity index (χ2v) is 17.8. The monoisotopic (exact) mass is 905 g/mol. The molecule has 1 atom stereocenters. The van der Waals surface area contributed by atoms with E-state index >= 15 is 0 Å². The van der Waals surface area contributed by atoms with Crippen LogP contribution in [0.3, 0.4) is 0 Å². The third-order valence-corrected chi connectivity index (χ3v) is 11.5. The lowest BCUT2D eigenvalue weighted by Gasteiger charge is -2.18. The summed E-state index contributed by atoms with van der Waals surface area (Å²) < 4.78 is 16.8. The largest absolute Gasteiger partial charge is 0.462 e. The van der Waals surface area contributed by atoms with E-state index in [1.807, 2.05) is 0 Å². The lowest BCUT2D eigenvalue weighted by Crippen LogP contribution is -2.30. The van der Waals surface area contributed by atoms with Crippen LogP contribution in [0.2, 0.25) is 0 Å². The van der Waals surface area contributed by atoms with Gasteiger partial charge in [0.15, 0.2) is 6.10 Å². The SMILES string of the molecule is CC\C=C/C=C\C=C/CCCCCCCC(=O)OCC(COC(=O)CCCCCCCCCCCCCCCCCCCC)OC(=O)CCCCC/C=C\C/C=C\C/C=C\C/C=C\CC. The fourth-order valence-corrected chi connectivity index (χ4v) is 7.43. The molecule has 0 aromatic carbocycles. The van der Waals surface area contributed by atoms with Gasteiger partial charge in [-0.2, -0.15) is 0 Å². The van der Waals surface area contributed by atoms with E-state index in [1.165, 1.54) is 96.3 Å². The maximum absolute atomic E-state index is 12.8. The molecule has 0 spiro atoms. The van der Waals surface area contributed by atoms with Crippen LogP contribution in [0, 0.1) is 0 Å². The summed E-state index contributed by atoms with van der Waals surface area (Å²) in [5.41, 5.74) is 0. The van der Waals surface area contributed by atoms with Crippen LogP contribution in [-0.4, -0.2) is 37.2 Å². The van der Waals surface area contributed by atoms with E-state index in [-0.39, 0.29) is 37.5 Å². The van der Waals surface area contributed by atoms with Crippen LogP contribution in [0.25, 0.3) is 0 Å². The Kier molecular flexibility index (Phi) is 50.4. The van der Waals surface area contributed by atoms with Crippen LogP contribution >= 0.6 is 0 Å². The van der Waals surface area contributed by atoms with E-state index in [9.17, 15) is 14.4 Å². The molecule has 0 saturated carbocycles. The van der Waals surface area contributed by atoms with Gasteiger partial charge in [-0.1, -0.05) is 241 Å². The van der Waals surface area contributed by atoms with Crippen molar-refractivity contribution in [2.24, 2.45) is 0 Å². The van der Waals surface area contributed by atoms with Gasteiger partial charge in [-0.3, -0.25) is 14.4 Å². The number of hydrogen-bond acceptors (Lipinski definition) is 6. The van der Waals surface area contributed by atoms with Crippen molar-refractivity contribution < 1.29 is 28.6 Å². The van der Waals surface area contributed by atoms with Crippen LogP contribution in [0.1, 0.15) is 252 Å². The molecule has 0 aliphatic heterocycles. The minimum Gasteiger partial charge on any atom is -0.462 e. The van der Waals surface area contributed by atoms with Crippen molar-refractivity contribution in [3.05, 3.63) is 85.1 Å². The molecule has 0 aliphatic carbocycles. The topological polar surface area (TPSA) is 78.9 Å². The van der Waals surface area contributed by atoms with Crippen molar-refractivity contribution in [3.63, 3.8) is 0 Å². The molecule has 6 heteroatoms. The highest BCUT2D eigenvalue weighted by Gasteiger charge is 2.19. The van der Waals surface area contributed by atoms with E-state index in [2.05, 4.69) is 106 Å². The number of carbonyl (C=O) groups excluding carboxylic acids is 3. The first-order valence-corrected chi connectivity index (χ1v) is 27.1. The van der Waals surface area contributed by atoms with Gasteiger partial charge >= 0.3 is 17.9 Å². The molecular formula is C59H100O6. The molecule has 0 radical (unpaired) electrons. The molecule has 0 aliphatic rings. The maximum Gasteiger partial charge on any atom is 0.306 e. The summed E-state index contributed by atoms with van der Waals surface area (Å²) in [6, 6.07) is 0. The molecule has 0 N–H and O–H groups in total. The molecule has 0 bridgehead atoms. The predicted molar refractivity (Wildman–Crippen MR) is 279 cm³/mol. The fourth-order valence-electron chi connectivity index (χ4n) is 7.43. The van der Waals surface area contributed by atoms with E-state index in [4.69, 9.17) is 14.2 Å². The van der Waals surface area contributed by atoms with Gasteiger partial charge < -0.3 is 14.2 Å². The molecule has 372 valence electrons. The molecule has 0 aromatic heterocycles. The summed E-state index contributed by atoms with van der Waals surface area (Å²) in [5.74, 6) is -0.944. The standard InChI is InChI=1S/C59H100O6/c1-4-7-10-13-16-19-22-25-27-29-30-32-34-37-40-43-46-49-52-58(61)64-55-56(54-63-57(60)51-48-45-42-39-36-33-24-21-18-15-12-9-6-3)65-59(62)53-50-47-44-41-38-35-31-28-26-23-20-17-14-11-8-5-2/h8-9,11-12,15,17-18,20-21,24,26,28,35,38,56H,4-7,10,13-14,16,19,22-23,25,27,29-34,36-37,39-55H2,1-3H3/b11-8-,12-9-,18-15-,20-17-,24-21-,28-26-,38-35-. The fraction of sp³-hybridized carbons (Fsp3) is 0.712. The van der Waals surface area contributed by atoms with Gasteiger partial charge in [0, 0.05) is 19.3 Å². The molecule has 0 amide bonds. The van der Waals surface area contributed by atoms with Crippen LogP contribution in [0.4, 0.5) is 0 Å². The Labute approximate surface area is 401 Å². The highest BCUT2D eigenvalue weighted by Crippen LogP contribution is 2.16. The summed E-state index contributed by atoms with van der Waals surface area (Å²) in [6.07, 6.45) is 68.6. The van der Waals surface area contributed by atoms with Gasteiger partial charge in [-0.25, -0.2) is 0 Å². The number of esters is 3. The Balaban J connectivity index is 4.42. The number of carbonyl (C=O) groups is 3. The number of hydrogen-bond donors (Lipinski definition) is 0. The van der Waals surface area contributed by atoms with Crippen molar-refractivity contribution in [3.8, 4) is 0 Å². The van der Waals surface area contributed by atoms with Crippen LogP contribution in [0.15, 0.2) is 85.1 Å². The summed E-state index contributed by atoms with van der Waals surface area (Å²) in [7, 11) is 0. The molecule has 0 aromatic rings. The third kappa shape index (κ3) is 51.4. The average molecular weight is 905 g/mol. The zero-order valence-electron chi connectivity index (χ0n) is 42.5. The predicted octanol–water partition coefficient (Wildman–Crippen LogP) is 18.0. The van der Waals surface area contributed by atoms with Crippen molar-refractivity contribution in [2.45, 2.75) is 258 Å².